The lowest BCUT2D eigenvalue weighted by Crippen LogP contribution is -2.48. The van der Waals surface area contributed by atoms with E-state index in [1.807, 2.05) is 37.3 Å². The van der Waals surface area contributed by atoms with E-state index in [1.165, 1.54) is 21.7 Å². The molecule has 4 heterocycles. The van der Waals surface area contributed by atoms with Crippen LogP contribution in [0.1, 0.15) is 35.7 Å². The number of amides is 1. The van der Waals surface area contributed by atoms with Gasteiger partial charge in [0.05, 0.1) is 16.3 Å². The normalized spacial score (nSPS) is 15.9. The first-order chi connectivity index (χ1) is 23.1. The minimum Gasteiger partial charge on any atom is -0.368 e. The van der Waals surface area contributed by atoms with Crippen LogP contribution in [0.25, 0.3) is 11.8 Å². The maximum atomic E-state index is 14.1. The van der Waals surface area contributed by atoms with Crippen molar-refractivity contribution in [2.24, 2.45) is 7.05 Å². The number of nitriles is 1. The summed E-state index contributed by atoms with van der Waals surface area (Å²) in [7, 11) is 1.76. The number of aromatic nitrogens is 3. The Hall–Kier alpha value is -4.93. The molecule has 0 saturated carbocycles. The van der Waals surface area contributed by atoms with Gasteiger partial charge in [-0.25, -0.2) is 9.07 Å². The van der Waals surface area contributed by atoms with Gasteiger partial charge in [-0.3, -0.25) is 28.5 Å². The highest BCUT2D eigenvalue weighted by Crippen LogP contribution is 2.39. The van der Waals surface area contributed by atoms with Gasteiger partial charge in [0.25, 0.3) is 17.0 Å². The number of thiocarbonyl (C=S) groups is 1. The zero-order valence-electron chi connectivity index (χ0n) is 27.1. The molecule has 0 unspecified atom stereocenters. The maximum Gasteiger partial charge on any atom is 0.296 e. The van der Waals surface area contributed by atoms with E-state index in [0.717, 1.165) is 17.4 Å². The fourth-order valence-corrected chi connectivity index (χ4v) is 7.60. The van der Waals surface area contributed by atoms with E-state index in [4.69, 9.17) is 12.2 Å². The molecule has 6 rings (SSSR count). The summed E-state index contributed by atoms with van der Waals surface area (Å²) in [5.41, 5.74) is 2.63. The van der Waals surface area contributed by atoms with Crippen LogP contribution in [0.4, 0.5) is 21.6 Å². The topological polar surface area (TPSA) is 99.5 Å². The van der Waals surface area contributed by atoms with E-state index in [1.54, 1.807) is 48.4 Å². The summed E-state index contributed by atoms with van der Waals surface area (Å²) in [6, 6.07) is 17.6. The van der Waals surface area contributed by atoms with Gasteiger partial charge in [-0.1, -0.05) is 49.1 Å². The highest BCUT2D eigenvalue weighted by atomic mass is 32.2. The third kappa shape index (κ3) is 5.65. The molecule has 1 amide bonds. The van der Waals surface area contributed by atoms with Crippen molar-refractivity contribution in [3.8, 4) is 11.8 Å². The van der Waals surface area contributed by atoms with E-state index in [0.29, 0.717) is 67.5 Å². The molecule has 0 spiro atoms. The Morgan fingerprint density at radius 2 is 1.58 bits per heavy atom. The summed E-state index contributed by atoms with van der Waals surface area (Å²) >= 11 is 6.78. The summed E-state index contributed by atoms with van der Waals surface area (Å²) in [6.45, 7) is 8.18. The molecular formula is C35H34FN7O3S2. The molecule has 0 radical (unpaired) electrons. The number of hydrogen-bond acceptors (Lipinski definition) is 8. The number of carbonyl (C=O) groups is 1. The van der Waals surface area contributed by atoms with E-state index in [2.05, 4.69) is 15.9 Å². The summed E-state index contributed by atoms with van der Waals surface area (Å²) < 4.78 is 18.6. The molecule has 246 valence electrons. The van der Waals surface area contributed by atoms with Crippen molar-refractivity contribution in [3.05, 3.63) is 108 Å². The summed E-state index contributed by atoms with van der Waals surface area (Å²) in [5, 5.41) is 10.1. The molecule has 2 aromatic heterocycles. The van der Waals surface area contributed by atoms with E-state index >= 15 is 0 Å². The lowest BCUT2D eigenvalue weighted by atomic mass is 10.0. The van der Waals surface area contributed by atoms with Gasteiger partial charge >= 0.3 is 0 Å². The average Bonchev–Trinajstić information content (AvgIpc) is 3.48. The first-order valence-corrected chi connectivity index (χ1v) is 16.8. The number of thioether (sulfide) groups is 1. The Labute approximate surface area is 286 Å². The lowest BCUT2D eigenvalue weighted by molar-refractivity contribution is -0.113. The van der Waals surface area contributed by atoms with Crippen LogP contribution in [0.5, 0.6) is 0 Å². The second-order valence-electron chi connectivity index (χ2n) is 11.7. The fourth-order valence-electron chi connectivity index (χ4n) is 6.35. The highest BCUT2D eigenvalue weighted by molar-refractivity contribution is 8.27. The number of para-hydroxylation sites is 1. The number of hydrogen-bond donors (Lipinski definition) is 0. The van der Waals surface area contributed by atoms with Gasteiger partial charge in [-0.15, -0.1) is 0 Å². The average molecular weight is 684 g/mol. The maximum absolute atomic E-state index is 14.1. The fraction of sp³-hybridized carbons (Fsp3) is 0.286. The number of piperazine rings is 1. The Morgan fingerprint density at radius 3 is 2.21 bits per heavy atom. The zero-order chi connectivity index (χ0) is 34.3. The molecule has 2 aliphatic heterocycles. The van der Waals surface area contributed by atoms with E-state index < -0.39 is 5.91 Å². The molecule has 0 N–H and O–H groups in total. The second kappa shape index (κ2) is 13.3. The van der Waals surface area contributed by atoms with Gasteiger partial charge in [0, 0.05) is 51.0 Å². The Morgan fingerprint density at radius 1 is 0.938 bits per heavy atom. The third-order valence-electron chi connectivity index (χ3n) is 8.88. The first kappa shape index (κ1) is 33.0. The van der Waals surface area contributed by atoms with Crippen LogP contribution in [-0.4, -0.2) is 50.3 Å². The van der Waals surface area contributed by atoms with Crippen LogP contribution in [-0.2, 0) is 18.4 Å². The zero-order valence-corrected chi connectivity index (χ0v) is 28.7. The molecule has 48 heavy (non-hydrogen) atoms. The first-order valence-electron chi connectivity index (χ1n) is 15.6. The molecule has 2 saturated heterocycles. The third-order valence-corrected chi connectivity index (χ3v) is 10.2. The number of anilines is 3. The molecule has 0 bridgehead atoms. The smallest absolute Gasteiger partial charge is 0.296 e. The van der Waals surface area contributed by atoms with Crippen molar-refractivity contribution in [1.29, 1.82) is 5.26 Å². The van der Waals surface area contributed by atoms with Gasteiger partial charge in [0.2, 0.25) is 0 Å². The van der Waals surface area contributed by atoms with Gasteiger partial charge < -0.3 is 9.80 Å². The quantitative estimate of drug-likeness (QED) is 0.196. The molecule has 2 aliphatic rings. The molecule has 0 aliphatic carbocycles. The largest absolute Gasteiger partial charge is 0.368 e. The second-order valence-corrected chi connectivity index (χ2v) is 13.4. The Kier molecular flexibility index (Phi) is 9.13. The predicted molar refractivity (Wildman–Crippen MR) is 193 cm³/mol. The van der Waals surface area contributed by atoms with Gasteiger partial charge in [-0.05, 0) is 68.3 Å². The van der Waals surface area contributed by atoms with Gasteiger partial charge in [-0.2, -0.15) is 5.26 Å². The monoisotopic (exact) mass is 683 g/mol. The van der Waals surface area contributed by atoms with Crippen LogP contribution < -0.4 is 25.8 Å². The molecule has 0 atom stereocenters. The van der Waals surface area contributed by atoms with Crippen LogP contribution >= 0.6 is 24.0 Å². The minimum absolute atomic E-state index is 0.0172. The summed E-state index contributed by atoms with van der Waals surface area (Å²) in [6.07, 6.45) is 2.36. The van der Waals surface area contributed by atoms with E-state index in [-0.39, 0.29) is 37.4 Å². The number of pyridine rings is 1. The number of halogens is 1. The molecule has 2 aromatic carbocycles. The van der Waals surface area contributed by atoms with Gasteiger partial charge in [0.15, 0.2) is 4.32 Å². The highest BCUT2D eigenvalue weighted by Gasteiger charge is 2.38. The standard InChI is InChI=1S/C35H34FN7O3S2/c1-5-15-41-31(40-18-16-39(17-19-40)25-13-11-24(36)12-14-25)27(22(2)28(21-37)32(41)44)20-29-33(45)42(35(47)48-29)30-23(3)38(4)43(34(30)46)26-9-7-6-8-10-26/h6-14,20H,5,15-19H2,1-4H3/b29-20-. The minimum atomic E-state index is -0.450. The molecule has 2 fully saturated rings. The van der Waals surface area contributed by atoms with Crippen molar-refractivity contribution in [2.45, 2.75) is 33.7 Å². The number of nitrogens with zero attached hydrogens (tertiary/aromatic N) is 7. The predicted octanol–water partition coefficient (Wildman–Crippen LogP) is 5.11. The van der Waals surface area contributed by atoms with Crippen molar-refractivity contribution < 1.29 is 9.18 Å². The van der Waals surface area contributed by atoms with E-state index in [9.17, 15) is 24.0 Å². The number of rotatable bonds is 7. The Balaban J connectivity index is 1.42. The van der Waals surface area contributed by atoms with Crippen LogP contribution in [0.3, 0.4) is 0 Å². The SMILES string of the molecule is CCCn1c(N2CCN(c3ccc(F)cc3)CC2)c(/C=C2\SC(=S)N(c3c(C)n(C)n(-c4ccccc4)c3=O)C2=O)c(C)c(C#N)c1=O. The molecule has 13 heteroatoms. The van der Waals surface area contributed by atoms with Crippen LogP contribution in [0, 0.1) is 31.0 Å². The van der Waals surface area contributed by atoms with Gasteiger partial charge in [0.1, 0.15) is 29.0 Å². The molecular weight excluding hydrogens is 650 g/mol. The number of carbonyl (C=O) groups excluding carboxylic acids is 1. The van der Waals surface area contributed by atoms with Crippen molar-refractivity contribution in [2.75, 3.05) is 40.9 Å². The lowest BCUT2D eigenvalue weighted by Gasteiger charge is -2.39. The molecule has 10 nitrogen and oxygen atoms in total. The van der Waals surface area contributed by atoms with Crippen molar-refractivity contribution >= 4 is 57.5 Å². The molecule has 4 aromatic rings. The van der Waals surface area contributed by atoms with Crippen LogP contribution in [0.15, 0.2) is 69.1 Å². The van der Waals surface area contributed by atoms with Crippen molar-refractivity contribution in [1.82, 2.24) is 13.9 Å². The summed E-state index contributed by atoms with van der Waals surface area (Å²) in [5.74, 6) is -0.118. The van der Waals surface area contributed by atoms with Crippen LogP contribution in [0.2, 0.25) is 0 Å². The Bertz CT molecular complexity index is 2120. The summed E-state index contributed by atoms with van der Waals surface area (Å²) in [4.78, 5) is 47.5. The van der Waals surface area contributed by atoms with Crippen molar-refractivity contribution in [3.63, 3.8) is 0 Å². The number of benzene rings is 2.